The SMILES string of the molecule is CCNC(Cc1sccc1Br)C1(N(C)C)CCCC(C)C1. The molecule has 2 nitrogen and oxygen atoms in total. The first-order chi connectivity index (χ1) is 9.99. The van der Waals surface area contributed by atoms with E-state index in [1.54, 1.807) is 0 Å². The maximum Gasteiger partial charge on any atom is 0.0362 e. The van der Waals surface area contributed by atoms with E-state index in [1.807, 2.05) is 11.3 Å². The molecule has 120 valence electrons. The van der Waals surface area contributed by atoms with Crippen LogP contribution in [-0.4, -0.2) is 37.1 Å². The lowest BCUT2D eigenvalue weighted by Gasteiger charge is -2.50. The van der Waals surface area contributed by atoms with E-state index < -0.39 is 0 Å². The van der Waals surface area contributed by atoms with Crippen LogP contribution in [0, 0.1) is 5.92 Å². The van der Waals surface area contributed by atoms with Crippen molar-refractivity contribution in [1.29, 1.82) is 0 Å². The lowest BCUT2D eigenvalue weighted by Crippen LogP contribution is -2.61. The molecular weight excluding hydrogens is 344 g/mol. The first-order valence-electron chi connectivity index (χ1n) is 8.12. The van der Waals surface area contributed by atoms with Gasteiger partial charge in [0.2, 0.25) is 0 Å². The largest absolute Gasteiger partial charge is 0.312 e. The van der Waals surface area contributed by atoms with Crippen molar-refractivity contribution in [2.75, 3.05) is 20.6 Å². The van der Waals surface area contributed by atoms with E-state index in [2.05, 4.69) is 65.5 Å². The van der Waals surface area contributed by atoms with Crippen molar-refractivity contribution in [2.45, 2.75) is 57.5 Å². The molecule has 0 saturated heterocycles. The average molecular weight is 373 g/mol. The standard InChI is InChI=1S/C17H29BrN2S/c1-5-19-16(11-15-14(18)8-10-21-15)17(20(3)4)9-6-7-13(2)12-17/h8,10,13,16,19H,5-7,9,11-12H2,1-4H3. The van der Waals surface area contributed by atoms with Gasteiger partial charge in [-0.05, 0) is 66.8 Å². The van der Waals surface area contributed by atoms with E-state index in [-0.39, 0.29) is 5.54 Å². The van der Waals surface area contributed by atoms with Gasteiger partial charge in [0.25, 0.3) is 0 Å². The number of thiophene rings is 1. The van der Waals surface area contributed by atoms with Crippen LogP contribution in [-0.2, 0) is 6.42 Å². The van der Waals surface area contributed by atoms with Gasteiger partial charge >= 0.3 is 0 Å². The van der Waals surface area contributed by atoms with Crippen molar-refractivity contribution in [1.82, 2.24) is 10.2 Å². The molecule has 1 aromatic heterocycles. The van der Waals surface area contributed by atoms with Gasteiger partial charge in [-0.3, -0.25) is 0 Å². The molecule has 1 heterocycles. The van der Waals surface area contributed by atoms with Crippen molar-refractivity contribution < 1.29 is 0 Å². The fourth-order valence-electron chi connectivity index (χ4n) is 3.95. The number of nitrogens with zero attached hydrogens (tertiary/aromatic N) is 1. The highest BCUT2D eigenvalue weighted by Crippen LogP contribution is 2.40. The van der Waals surface area contributed by atoms with Crippen LogP contribution >= 0.6 is 27.3 Å². The minimum atomic E-state index is 0.289. The monoisotopic (exact) mass is 372 g/mol. The number of likely N-dealkylation sites (N-methyl/N-ethyl adjacent to an activating group) is 2. The van der Waals surface area contributed by atoms with Crippen LogP contribution in [0.3, 0.4) is 0 Å². The molecule has 4 heteroatoms. The third kappa shape index (κ3) is 3.90. The summed E-state index contributed by atoms with van der Waals surface area (Å²) in [6, 6.07) is 2.70. The van der Waals surface area contributed by atoms with E-state index in [0.29, 0.717) is 6.04 Å². The normalized spacial score (nSPS) is 28.0. The summed E-state index contributed by atoms with van der Waals surface area (Å²) in [6.45, 7) is 5.69. The van der Waals surface area contributed by atoms with Crippen LogP contribution in [0.5, 0.6) is 0 Å². The van der Waals surface area contributed by atoms with E-state index >= 15 is 0 Å². The molecule has 0 aromatic carbocycles. The highest BCUT2D eigenvalue weighted by atomic mass is 79.9. The van der Waals surface area contributed by atoms with Crippen LogP contribution in [0.4, 0.5) is 0 Å². The Hall–Kier alpha value is 0.1000. The molecule has 1 aliphatic rings. The summed E-state index contributed by atoms with van der Waals surface area (Å²) in [5.41, 5.74) is 0.289. The third-order valence-electron chi connectivity index (χ3n) is 5.08. The summed E-state index contributed by atoms with van der Waals surface area (Å²) in [5.74, 6) is 0.828. The van der Waals surface area contributed by atoms with Gasteiger partial charge in [-0.25, -0.2) is 0 Å². The quantitative estimate of drug-likeness (QED) is 0.788. The van der Waals surface area contributed by atoms with E-state index in [1.165, 1.54) is 35.0 Å². The maximum atomic E-state index is 3.80. The highest BCUT2D eigenvalue weighted by Gasteiger charge is 2.43. The predicted octanol–water partition coefficient (Wildman–Crippen LogP) is 4.54. The molecule has 21 heavy (non-hydrogen) atoms. The van der Waals surface area contributed by atoms with Gasteiger partial charge in [0.05, 0.1) is 0 Å². The molecule has 1 fully saturated rings. The van der Waals surface area contributed by atoms with Crippen LogP contribution in [0.1, 0.15) is 44.4 Å². The fraction of sp³-hybridized carbons (Fsp3) is 0.765. The van der Waals surface area contributed by atoms with Crippen molar-refractivity contribution in [3.05, 3.63) is 20.8 Å². The summed E-state index contributed by atoms with van der Waals surface area (Å²) in [5, 5.41) is 5.99. The summed E-state index contributed by atoms with van der Waals surface area (Å²) in [7, 11) is 4.54. The van der Waals surface area contributed by atoms with Crippen molar-refractivity contribution in [2.24, 2.45) is 5.92 Å². The minimum absolute atomic E-state index is 0.289. The number of halogens is 1. The van der Waals surface area contributed by atoms with Crippen LogP contribution in [0.15, 0.2) is 15.9 Å². The number of hydrogen-bond donors (Lipinski definition) is 1. The van der Waals surface area contributed by atoms with E-state index in [4.69, 9.17) is 0 Å². The van der Waals surface area contributed by atoms with Gasteiger partial charge in [-0.15, -0.1) is 11.3 Å². The van der Waals surface area contributed by atoms with Crippen LogP contribution < -0.4 is 5.32 Å². The zero-order valence-electron chi connectivity index (χ0n) is 13.8. The molecule has 3 unspecified atom stereocenters. The van der Waals surface area contributed by atoms with Gasteiger partial charge in [0, 0.05) is 27.4 Å². The molecule has 0 aliphatic heterocycles. The molecular formula is C17H29BrN2S. The first kappa shape index (κ1) is 17.5. The highest BCUT2D eigenvalue weighted by molar-refractivity contribution is 9.10. The summed E-state index contributed by atoms with van der Waals surface area (Å²) in [6.07, 6.45) is 6.48. The van der Waals surface area contributed by atoms with Crippen molar-refractivity contribution >= 4 is 27.3 Å². The van der Waals surface area contributed by atoms with Gasteiger partial charge < -0.3 is 10.2 Å². The molecule has 0 bridgehead atoms. The Morgan fingerprint density at radius 1 is 1.52 bits per heavy atom. The second kappa shape index (κ2) is 7.58. The van der Waals surface area contributed by atoms with Gasteiger partial charge in [0.1, 0.15) is 0 Å². The molecule has 0 spiro atoms. The second-order valence-electron chi connectivity index (χ2n) is 6.71. The lowest BCUT2D eigenvalue weighted by molar-refractivity contribution is 0.0381. The number of nitrogens with one attached hydrogen (secondary N) is 1. The summed E-state index contributed by atoms with van der Waals surface area (Å²) >= 11 is 5.58. The smallest absolute Gasteiger partial charge is 0.0362 e. The molecule has 2 rings (SSSR count). The molecule has 1 aromatic rings. The fourth-order valence-corrected chi connectivity index (χ4v) is 5.51. The van der Waals surface area contributed by atoms with Gasteiger partial charge in [-0.2, -0.15) is 0 Å². The second-order valence-corrected chi connectivity index (χ2v) is 8.56. The van der Waals surface area contributed by atoms with Crippen LogP contribution in [0.2, 0.25) is 0 Å². The third-order valence-corrected chi connectivity index (χ3v) is 7.03. The molecule has 0 radical (unpaired) electrons. The van der Waals surface area contributed by atoms with Gasteiger partial charge in [-0.1, -0.05) is 26.7 Å². The van der Waals surface area contributed by atoms with Crippen molar-refractivity contribution in [3.8, 4) is 0 Å². The zero-order chi connectivity index (χ0) is 15.5. The lowest BCUT2D eigenvalue weighted by atomic mass is 9.70. The Labute approximate surface area is 142 Å². The van der Waals surface area contributed by atoms with Crippen molar-refractivity contribution in [3.63, 3.8) is 0 Å². The molecule has 1 N–H and O–H groups in total. The Bertz CT molecular complexity index is 446. The minimum Gasteiger partial charge on any atom is -0.312 e. The zero-order valence-corrected chi connectivity index (χ0v) is 16.2. The Kier molecular flexibility index (Phi) is 6.30. The number of rotatable bonds is 6. The summed E-state index contributed by atoms with van der Waals surface area (Å²) < 4.78 is 1.27. The van der Waals surface area contributed by atoms with E-state index in [0.717, 1.165) is 18.9 Å². The molecule has 1 saturated carbocycles. The molecule has 0 amide bonds. The topological polar surface area (TPSA) is 15.3 Å². The average Bonchev–Trinajstić information content (AvgIpc) is 2.83. The van der Waals surface area contributed by atoms with Crippen LogP contribution in [0.25, 0.3) is 0 Å². The Morgan fingerprint density at radius 2 is 2.29 bits per heavy atom. The molecule has 3 atom stereocenters. The summed E-state index contributed by atoms with van der Waals surface area (Å²) in [4.78, 5) is 3.97. The Balaban J connectivity index is 2.26. The predicted molar refractivity (Wildman–Crippen MR) is 97.2 cm³/mol. The van der Waals surface area contributed by atoms with Gasteiger partial charge in [0.15, 0.2) is 0 Å². The number of hydrogen-bond acceptors (Lipinski definition) is 3. The van der Waals surface area contributed by atoms with E-state index in [9.17, 15) is 0 Å². The first-order valence-corrected chi connectivity index (χ1v) is 9.79. The Morgan fingerprint density at radius 3 is 2.81 bits per heavy atom. The molecule has 1 aliphatic carbocycles. The maximum absolute atomic E-state index is 3.80.